The standard InChI is InChI=1S/C19H24N2O3/c1-13-6-5-7-16(14(13)2)20-11-10-19(22)21-15-8-9-17(23-3)18(12-15)24-4/h5-9,12,20H,10-11H2,1-4H3,(H,21,22). The van der Waals surface area contributed by atoms with Gasteiger partial charge in [0.1, 0.15) is 0 Å². The zero-order chi connectivity index (χ0) is 17.5. The predicted octanol–water partition coefficient (Wildman–Crippen LogP) is 3.76. The van der Waals surface area contributed by atoms with E-state index in [1.165, 1.54) is 11.1 Å². The van der Waals surface area contributed by atoms with Crippen LogP contribution in [0.2, 0.25) is 0 Å². The SMILES string of the molecule is COc1ccc(NC(=O)CCNc2cccc(C)c2C)cc1OC. The van der Waals surface area contributed by atoms with E-state index in [1.807, 2.05) is 12.1 Å². The van der Waals surface area contributed by atoms with Crippen LogP contribution in [0.4, 0.5) is 11.4 Å². The maximum absolute atomic E-state index is 12.1. The number of hydrogen-bond donors (Lipinski definition) is 2. The van der Waals surface area contributed by atoms with Crippen LogP contribution in [0, 0.1) is 13.8 Å². The number of ether oxygens (including phenoxy) is 2. The van der Waals surface area contributed by atoms with Crippen LogP contribution >= 0.6 is 0 Å². The summed E-state index contributed by atoms with van der Waals surface area (Å²) in [5, 5.41) is 6.17. The van der Waals surface area contributed by atoms with Crippen LogP contribution in [0.3, 0.4) is 0 Å². The van der Waals surface area contributed by atoms with Crippen LogP contribution in [0.15, 0.2) is 36.4 Å². The second-order valence-electron chi connectivity index (χ2n) is 5.54. The smallest absolute Gasteiger partial charge is 0.226 e. The first-order chi connectivity index (χ1) is 11.5. The Hall–Kier alpha value is -2.69. The van der Waals surface area contributed by atoms with Gasteiger partial charge in [-0.3, -0.25) is 4.79 Å². The maximum Gasteiger partial charge on any atom is 0.226 e. The van der Waals surface area contributed by atoms with Crippen molar-refractivity contribution in [3.05, 3.63) is 47.5 Å². The molecule has 2 aromatic rings. The van der Waals surface area contributed by atoms with E-state index in [9.17, 15) is 4.79 Å². The van der Waals surface area contributed by atoms with Crippen molar-refractivity contribution in [2.75, 3.05) is 31.4 Å². The number of hydrogen-bond acceptors (Lipinski definition) is 4. The number of benzene rings is 2. The fraction of sp³-hybridized carbons (Fsp3) is 0.316. The molecule has 0 atom stereocenters. The molecule has 2 rings (SSSR count). The lowest BCUT2D eigenvalue weighted by Gasteiger charge is -2.12. The van der Waals surface area contributed by atoms with E-state index in [-0.39, 0.29) is 5.91 Å². The highest BCUT2D eigenvalue weighted by Gasteiger charge is 2.08. The lowest BCUT2D eigenvalue weighted by molar-refractivity contribution is -0.115. The maximum atomic E-state index is 12.1. The molecule has 5 nitrogen and oxygen atoms in total. The first-order valence-corrected chi connectivity index (χ1v) is 7.87. The number of rotatable bonds is 7. The lowest BCUT2D eigenvalue weighted by atomic mass is 10.1. The molecule has 1 amide bonds. The summed E-state index contributed by atoms with van der Waals surface area (Å²) < 4.78 is 10.4. The minimum Gasteiger partial charge on any atom is -0.493 e. The Bertz CT molecular complexity index is 714. The number of aryl methyl sites for hydroxylation is 1. The minimum absolute atomic E-state index is 0.0555. The molecular formula is C19H24N2O3. The first kappa shape index (κ1) is 17.7. The summed E-state index contributed by atoms with van der Waals surface area (Å²) in [5.74, 6) is 1.16. The lowest BCUT2D eigenvalue weighted by Crippen LogP contribution is -2.16. The van der Waals surface area contributed by atoms with Crippen molar-refractivity contribution in [2.45, 2.75) is 20.3 Å². The Labute approximate surface area is 143 Å². The van der Waals surface area contributed by atoms with Gasteiger partial charge in [0.25, 0.3) is 0 Å². The quantitative estimate of drug-likeness (QED) is 0.812. The Balaban J connectivity index is 1.88. The number of carbonyl (C=O) groups excluding carboxylic acids is 1. The van der Waals surface area contributed by atoms with Gasteiger partial charge in [0.2, 0.25) is 5.91 Å². The monoisotopic (exact) mass is 328 g/mol. The van der Waals surface area contributed by atoms with Crippen LogP contribution in [-0.2, 0) is 4.79 Å². The molecule has 0 unspecified atom stereocenters. The number of anilines is 2. The van der Waals surface area contributed by atoms with Crippen LogP contribution in [0.5, 0.6) is 11.5 Å². The van der Waals surface area contributed by atoms with Crippen molar-refractivity contribution in [3.8, 4) is 11.5 Å². The third kappa shape index (κ3) is 4.41. The summed E-state index contributed by atoms with van der Waals surface area (Å²) in [6.45, 7) is 4.72. The van der Waals surface area contributed by atoms with E-state index in [0.29, 0.717) is 30.2 Å². The molecule has 0 radical (unpaired) electrons. The van der Waals surface area contributed by atoms with Crippen LogP contribution in [0.25, 0.3) is 0 Å². The number of methoxy groups -OCH3 is 2. The average Bonchev–Trinajstić information content (AvgIpc) is 2.58. The highest BCUT2D eigenvalue weighted by atomic mass is 16.5. The molecular weight excluding hydrogens is 304 g/mol. The van der Waals surface area contributed by atoms with Crippen molar-refractivity contribution in [2.24, 2.45) is 0 Å². The predicted molar refractivity (Wildman–Crippen MR) is 97.2 cm³/mol. The molecule has 2 N–H and O–H groups in total. The molecule has 0 saturated carbocycles. The highest BCUT2D eigenvalue weighted by molar-refractivity contribution is 5.91. The number of nitrogens with one attached hydrogen (secondary N) is 2. The van der Waals surface area contributed by atoms with Gasteiger partial charge in [-0.15, -0.1) is 0 Å². The third-order valence-corrected chi connectivity index (χ3v) is 3.94. The van der Waals surface area contributed by atoms with Gasteiger partial charge in [-0.25, -0.2) is 0 Å². The Kier molecular flexibility index (Phi) is 6.07. The molecule has 0 saturated heterocycles. The van der Waals surface area contributed by atoms with E-state index in [2.05, 4.69) is 30.5 Å². The zero-order valence-electron chi connectivity index (χ0n) is 14.6. The molecule has 128 valence electrons. The van der Waals surface area contributed by atoms with Crippen LogP contribution < -0.4 is 20.1 Å². The molecule has 0 fully saturated rings. The van der Waals surface area contributed by atoms with Crippen molar-refractivity contribution >= 4 is 17.3 Å². The van der Waals surface area contributed by atoms with Gasteiger partial charge in [-0.1, -0.05) is 12.1 Å². The van der Waals surface area contributed by atoms with Crippen LogP contribution in [-0.4, -0.2) is 26.7 Å². The zero-order valence-corrected chi connectivity index (χ0v) is 14.6. The van der Waals surface area contributed by atoms with E-state index in [4.69, 9.17) is 9.47 Å². The van der Waals surface area contributed by atoms with Crippen molar-refractivity contribution in [3.63, 3.8) is 0 Å². The van der Waals surface area contributed by atoms with Gasteiger partial charge < -0.3 is 20.1 Å². The fourth-order valence-electron chi connectivity index (χ4n) is 2.39. The van der Waals surface area contributed by atoms with Gasteiger partial charge in [0.15, 0.2) is 11.5 Å². The van der Waals surface area contributed by atoms with Crippen molar-refractivity contribution in [1.82, 2.24) is 0 Å². The van der Waals surface area contributed by atoms with Crippen molar-refractivity contribution in [1.29, 1.82) is 0 Å². The molecule has 5 heteroatoms. The molecule has 0 aromatic heterocycles. The van der Waals surface area contributed by atoms with Crippen LogP contribution in [0.1, 0.15) is 17.5 Å². The molecule has 24 heavy (non-hydrogen) atoms. The van der Waals surface area contributed by atoms with Crippen molar-refractivity contribution < 1.29 is 14.3 Å². The second-order valence-corrected chi connectivity index (χ2v) is 5.54. The van der Waals surface area contributed by atoms with Gasteiger partial charge in [-0.2, -0.15) is 0 Å². The summed E-state index contributed by atoms with van der Waals surface area (Å²) in [6, 6.07) is 11.4. The fourth-order valence-corrected chi connectivity index (χ4v) is 2.39. The number of carbonyl (C=O) groups is 1. The summed E-state index contributed by atoms with van der Waals surface area (Å²) in [4.78, 5) is 12.1. The number of amides is 1. The molecule has 0 spiro atoms. The normalized spacial score (nSPS) is 10.2. The van der Waals surface area contributed by atoms with Gasteiger partial charge in [0.05, 0.1) is 14.2 Å². The molecule has 0 aliphatic rings. The first-order valence-electron chi connectivity index (χ1n) is 7.87. The minimum atomic E-state index is -0.0555. The summed E-state index contributed by atoms with van der Waals surface area (Å²) >= 11 is 0. The summed E-state index contributed by atoms with van der Waals surface area (Å²) in [5.41, 5.74) is 4.19. The Morgan fingerprint density at radius 1 is 1.04 bits per heavy atom. The highest BCUT2D eigenvalue weighted by Crippen LogP contribution is 2.29. The molecule has 0 aliphatic heterocycles. The van der Waals surface area contributed by atoms with Gasteiger partial charge >= 0.3 is 0 Å². The van der Waals surface area contributed by atoms with E-state index >= 15 is 0 Å². The van der Waals surface area contributed by atoms with E-state index in [1.54, 1.807) is 32.4 Å². The third-order valence-electron chi connectivity index (χ3n) is 3.94. The van der Waals surface area contributed by atoms with E-state index in [0.717, 1.165) is 5.69 Å². The summed E-state index contributed by atoms with van der Waals surface area (Å²) in [6.07, 6.45) is 0.377. The molecule has 0 heterocycles. The van der Waals surface area contributed by atoms with E-state index < -0.39 is 0 Å². The largest absolute Gasteiger partial charge is 0.493 e. The topological polar surface area (TPSA) is 59.6 Å². The molecule has 2 aromatic carbocycles. The average molecular weight is 328 g/mol. The van der Waals surface area contributed by atoms with Gasteiger partial charge in [-0.05, 0) is 43.2 Å². The second kappa shape index (κ2) is 8.24. The van der Waals surface area contributed by atoms with Gasteiger partial charge in [0, 0.05) is 30.4 Å². The molecule has 0 bridgehead atoms. The Morgan fingerprint density at radius 2 is 1.79 bits per heavy atom. The molecule has 0 aliphatic carbocycles. The Morgan fingerprint density at radius 3 is 2.50 bits per heavy atom. The summed E-state index contributed by atoms with van der Waals surface area (Å²) in [7, 11) is 3.15.